The second-order valence-corrected chi connectivity index (χ2v) is 3.27. The van der Waals surface area contributed by atoms with Gasteiger partial charge >= 0.3 is 0 Å². The van der Waals surface area contributed by atoms with Crippen LogP contribution in [0.3, 0.4) is 0 Å². The first-order valence-electron chi connectivity index (χ1n) is 4.47. The number of halogens is 1. The van der Waals surface area contributed by atoms with Crippen LogP contribution in [0.5, 0.6) is 5.75 Å². The molecule has 0 atom stereocenters. The molecule has 0 amide bonds. The lowest BCUT2D eigenvalue weighted by Crippen LogP contribution is -1.99. The maximum Gasteiger partial charge on any atom is 0.166 e. The van der Waals surface area contributed by atoms with Gasteiger partial charge in [0.1, 0.15) is 11.6 Å². The van der Waals surface area contributed by atoms with E-state index in [4.69, 9.17) is 5.11 Å². The molecule has 1 heterocycles. The van der Waals surface area contributed by atoms with Crippen LogP contribution in [0, 0.1) is 19.7 Å². The molecule has 0 unspecified atom stereocenters. The zero-order valence-corrected chi connectivity index (χ0v) is 8.40. The van der Waals surface area contributed by atoms with Crippen molar-refractivity contribution in [3.63, 3.8) is 0 Å². The van der Waals surface area contributed by atoms with E-state index >= 15 is 0 Å². The average molecular weight is 207 g/mol. The number of aromatic hydroxyl groups is 1. The lowest BCUT2D eigenvalue weighted by atomic mass is 10.3. The van der Waals surface area contributed by atoms with Crippen molar-refractivity contribution in [3.05, 3.63) is 35.7 Å². The summed E-state index contributed by atoms with van der Waals surface area (Å²) in [5, 5.41) is 16.8. The fraction of sp³-hybridized carbons (Fsp3) is 0.200. The molecule has 2 aromatic rings. The maximum absolute atomic E-state index is 13.1. The Morgan fingerprint density at radius 2 is 1.80 bits per heavy atom. The van der Waals surface area contributed by atoms with E-state index in [2.05, 4.69) is 10.2 Å². The van der Waals surface area contributed by atoms with Crippen LogP contribution in [-0.4, -0.2) is 19.9 Å². The van der Waals surface area contributed by atoms with Gasteiger partial charge in [0, 0.05) is 6.07 Å². The second-order valence-electron chi connectivity index (χ2n) is 3.27. The van der Waals surface area contributed by atoms with Crippen LogP contribution in [0.1, 0.15) is 11.6 Å². The molecule has 4 nitrogen and oxygen atoms in total. The van der Waals surface area contributed by atoms with Crippen LogP contribution in [0.2, 0.25) is 0 Å². The van der Waals surface area contributed by atoms with Gasteiger partial charge in [-0.1, -0.05) is 0 Å². The highest BCUT2D eigenvalue weighted by Gasteiger charge is 2.09. The van der Waals surface area contributed by atoms with E-state index in [1.807, 2.05) is 0 Å². The van der Waals surface area contributed by atoms with Crippen molar-refractivity contribution in [3.8, 4) is 11.4 Å². The van der Waals surface area contributed by atoms with Crippen LogP contribution >= 0.6 is 0 Å². The Morgan fingerprint density at radius 1 is 1.20 bits per heavy atom. The van der Waals surface area contributed by atoms with Crippen molar-refractivity contribution in [2.45, 2.75) is 13.8 Å². The Hall–Kier alpha value is -1.91. The summed E-state index contributed by atoms with van der Waals surface area (Å²) in [5.74, 6) is 0.345. The Morgan fingerprint density at radius 3 is 2.33 bits per heavy atom. The van der Waals surface area contributed by atoms with Crippen LogP contribution in [0.15, 0.2) is 18.2 Å². The summed E-state index contributed by atoms with van der Waals surface area (Å²) in [6, 6.07) is 4.17. The van der Waals surface area contributed by atoms with Gasteiger partial charge in [-0.25, -0.2) is 4.39 Å². The van der Waals surface area contributed by atoms with Gasteiger partial charge in [0.05, 0.1) is 5.69 Å². The highest BCUT2D eigenvalue weighted by Crippen LogP contribution is 2.20. The fourth-order valence-electron chi connectivity index (χ4n) is 1.48. The minimum absolute atomic E-state index is 0.359. The summed E-state index contributed by atoms with van der Waals surface area (Å²) in [4.78, 5) is 0. The Kier molecular flexibility index (Phi) is 2.15. The summed E-state index contributed by atoms with van der Waals surface area (Å²) < 4.78 is 14.8. The summed E-state index contributed by atoms with van der Waals surface area (Å²) >= 11 is 0. The van der Waals surface area contributed by atoms with Gasteiger partial charge in [-0.2, -0.15) is 0 Å². The van der Waals surface area contributed by atoms with Crippen molar-refractivity contribution < 1.29 is 9.50 Å². The Bertz CT molecular complexity index is 488. The van der Waals surface area contributed by atoms with E-state index in [1.165, 1.54) is 12.1 Å². The van der Waals surface area contributed by atoms with Gasteiger partial charge in [0.25, 0.3) is 0 Å². The largest absolute Gasteiger partial charge is 0.505 e. The van der Waals surface area contributed by atoms with Gasteiger partial charge in [-0.15, -0.1) is 10.2 Å². The lowest BCUT2D eigenvalue weighted by molar-refractivity contribution is 0.432. The maximum atomic E-state index is 13.1. The predicted octanol–water partition coefficient (Wildman–Crippen LogP) is 1.73. The zero-order valence-electron chi connectivity index (χ0n) is 8.40. The molecule has 0 aliphatic heterocycles. The first-order chi connectivity index (χ1) is 7.09. The quantitative estimate of drug-likeness (QED) is 0.774. The molecule has 1 aromatic carbocycles. The van der Waals surface area contributed by atoms with E-state index in [0.717, 1.165) is 0 Å². The Labute approximate surface area is 86.0 Å². The molecular weight excluding hydrogens is 197 g/mol. The van der Waals surface area contributed by atoms with Gasteiger partial charge in [-0.3, -0.25) is 4.57 Å². The van der Waals surface area contributed by atoms with Gasteiger partial charge in [0.15, 0.2) is 11.6 Å². The van der Waals surface area contributed by atoms with Crippen LogP contribution in [0.4, 0.5) is 4.39 Å². The molecule has 0 aliphatic rings. The third-order valence-electron chi connectivity index (χ3n) is 2.18. The molecule has 0 fully saturated rings. The van der Waals surface area contributed by atoms with Crippen LogP contribution in [-0.2, 0) is 0 Å². The molecule has 0 saturated heterocycles. The summed E-state index contributed by atoms with van der Waals surface area (Å²) in [5.41, 5.74) is 0.602. The molecule has 0 spiro atoms. The summed E-state index contributed by atoms with van der Waals surface area (Å²) in [7, 11) is 0. The number of benzene rings is 1. The van der Waals surface area contributed by atoms with E-state index in [9.17, 15) is 4.39 Å². The molecule has 0 radical (unpaired) electrons. The second kappa shape index (κ2) is 3.34. The molecule has 0 aliphatic carbocycles. The third kappa shape index (κ3) is 1.56. The van der Waals surface area contributed by atoms with Crippen molar-refractivity contribution in [2.24, 2.45) is 0 Å². The van der Waals surface area contributed by atoms with Gasteiger partial charge < -0.3 is 5.11 Å². The number of phenols is 1. The number of phenolic OH excluding ortho intramolecular Hbond substituents is 1. The molecular formula is C10H10FN3O. The standard InChI is InChI=1S/C10H10FN3O/c1-6-12-13-7(2)14(6)8-3-4-10(15)9(11)5-8/h3-5,15H,1-2H3. The molecule has 5 heteroatoms. The zero-order chi connectivity index (χ0) is 11.0. The number of nitrogens with zero attached hydrogens (tertiary/aromatic N) is 3. The van der Waals surface area contributed by atoms with E-state index in [-0.39, 0.29) is 5.75 Å². The predicted molar refractivity (Wildman–Crippen MR) is 52.5 cm³/mol. The fourth-order valence-corrected chi connectivity index (χ4v) is 1.48. The molecule has 1 N–H and O–H groups in total. The summed E-state index contributed by atoms with van der Waals surface area (Å²) in [6.07, 6.45) is 0. The molecule has 78 valence electrons. The number of aromatic nitrogens is 3. The number of hydrogen-bond acceptors (Lipinski definition) is 3. The van der Waals surface area contributed by atoms with Gasteiger partial charge in [-0.05, 0) is 26.0 Å². The number of rotatable bonds is 1. The van der Waals surface area contributed by atoms with Crippen molar-refractivity contribution >= 4 is 0 Å². The lowest BCUT2D eigenvalue weighted by Gasteiger charge is -2.06. The van der Waals surface area contributed by atoms with Gasteiger partial charge in [0.2, 0.25) is 0 Å². The highest BCUT2D eigenvalue weighted by atomic mass is 19.1. The first kappa shape index (κ1) is 9.64. The molecule has 2 rings (SSSR count). The SMILES string of the molecule is Cc1nnc(C)n1-c1ccc(O)c(F)c1. The first-order valence-corrected chi connectivity index (χ1v) is 4.47. The number of hydrogen-bond donors (Lipinski definition) is 1. The molecule has 1 aromatic heterocycles. The highest BCUT2D eigenvalue weighted by molar-refractivity contribution is 5.39. The monoisotopic (exact) mass is 207 g/mol. The smallest absolute Gasteiger partial charge is 0.166 e. The number of aryl methyl sites for hydroxylation is 2. The molecule has 0 saturated carbocycles. The van der Waals surface area contributed by atoms with Crippen molar-refractivity contribution in [1.82, 2.24) is 14.8 Å². The summed E-state index contributed by atoms with van der Waals surface area (Å²) in [6.45, 7) is 3.57. The van der Waals surface area contributed by atoms with E-state index in [0.29, 0.717) is 17.3 Å². The van der Waals surface area contributed by atoms with Crippen LogP contribution < -0.4 is 0 Å². The topological polar surface area (TPSA) is 50.9 Å². The minimum atomic E-state index is -0.653. The van der Waals surface area contributed by atoms with Crippen molar-refractivity contribution in [2.75, 3.05) is 0 Å². The van der Waals surface area contributed by atoms with Crippen molar-refractivity contribution in [1.29, 1.82) is 0 Å². The molecule has 15 heavy (non-hydrogen) atoms. The third-order valence-corrected chi connectivity index (χ3v) is 2.18. The van der Waals surface area contributed by atoms with E-state index < -0.39 is 5.82 Å². The Balaban J connectivity index is 2.59. The van der Waals surface area contributed by atoms with Crippen LogP contribution in [0.25, 0.3) is 5.69 Å². The minimum Gasteiger partial charge on any atom is -0.505 e. The normalized spacial score (nSPS) is 10.6. The average Bonchev–Trinajstić information content (AvgIpc) is 2.52. The molecule has 0 bridgehead atoms. The van der Waals surface area contributed by atoms with E-state index in [1.54, 1.807) is 24.5 Å².